The second-order valence-corrected chi connectivity index (χ2v) is 8.76. The van der Waals surface area contributed by atoms with Gasteiger partial charge in [-0.3, -0.25) is 4.79 Å². The van der Waals surface area contributed by atoms with Crippen molar-refractivity contribution in [1.82, 2.24) is 15.4 Å². The largest absolute Gasteiger partial charge is 0.497 e. The van der Waals surface area contributed by atoms with Crippen LogP contribution in [0, 0.1) is 25.2 Å². The number of ether oxygens (including phenoxy) is 2. The van der Waals surface area contributed by atoms with Gasteiger partial charge in [0.25, 0.3) is 5.91 Å². The number of thiophene rings is 1. The number of aromatic nitrogens is 3. The van der Waals surface area contributed by atoms with Crippen molar-refractivity contribution in [3.63, 3.8) is 0 Å². The molecular formula is C25H21N5O4S. The molecule has 0 aliphatic heterocycles. The van der Waals surface area contributed by atoms with Gasteiger partial charge in [-0.2, -0.15) is 20.7 Å². The van der Waals surface area contributed by atoms with Crippen LogP contribution in [0.2, 0.25) is 0 Å². The molecule has 0 saturated carbocycles. The molecule has 0 aliphatic carbocycles. The van der Waals surface area contributed by atoms with E-state index in [1.807, 2.05) is 31.2 Å². The highest BCUT2D eigenvalue weighted by Gasteiger charge is 2.26. The number of amides is 1. The molecule has 0 saturated heterocycles. The number of nitrogens with one attached hydrogen (secondary N) is 2. The van der Waals surface area contributed by atoms with Crippen molar-refractivity contribution in [3.8, 4) is 34.2 Å². The van der Waals surface area contributed by atoms with Crippen LogP contribution in [0.15, 0.2) is 42.6 Å². The van der Waals surface area contributed by atoms with Crippen LogP contribution in [0.1, 0.15) is 36.7 Å². The Balaban J connectivity index is 1.78. The highest BCUT2D eigenvalue weighted by Crippen LogP contribution is 2.40. The number of carbonyl (C=O) groups excluding carboxylic acids is 2. The molecule has 2 aromatic carbocycles. The summed E-state index contributed by atoms with van der Waals surface area (Å²) in [5, 5.41) is 23.6. The zero-order valence-electron chi connectivity index (χ0n) is 19.4. The number of nitriles is 1. The fraction of sp³-hybridized carbons (Fsp3) is 0.160. The van der Waals surface area contributed by atoms with Crippen molar-refractivity contribution in [2.24, 2.45) is 0 Å². The minimum Gasteiger partial charge on any atom is -0.497 e. The predicted octanol–water partition coefficient (Wildman–Crippen LogP) is 4.74. The maximum absolute atomic E-state index is 13.5. The number of hydrogen-bond donors (Lipinski definition) is 2. The number of esters is 1. The van der Waals surface area contributed by atoms with E-state index in [9.17, 15) is 14.9 Å². The molecule has 0 aliphatic rings. The Morgan fingerprint density at radius 2 is 1.86 bits per heavy atom. The quantitative estimate of drug-likeness (QED) is 0.376. The summed E-state index contributed by atoms with van der Waals surface area (Å²) < 4.78 is 10.1. The molecule has 2 aromatic heterocycles. The van der Waals surface area contributed by atoms with Gasteiger partial charge in [-0.1, -0.05) is 18.2 Å². The van der Waals surface area contributed by atoms with Crippen LogP contribution in [0.3, 0.4) is 0 Å². The number of aryl methyl sites for hydroxylation is 1. The lowest BCUT2D eigenvalue weighted by Gasteiger charge is -2.14. The van der Waals surface area contributed by atoms with Gasteiger partial charge in [0.15, 0.2) is 0 Å². The third kappa shape index (κ3) is 4.37. The number of benzene rings is 2. The molecule has 2 heterocycles. The van der Waals surface area contributed by atoms with Gasteiger partial charge in [-0.05, 0) is 43.2 Å². The minimum absolute atomic E-state index is 0.108. The van der Waals surface area contributed by atoms with E-state index in [1.165, 1.54) is 30.7 Å². The standard InChI is InChI=1S/C25H21N5O4S/c1-13-17(20-12-27-30-29-20)9-10-18(25(32)34-4)21(13)23(31)28-24-19(11-26)22(14(2)35-24)15-5-7-16(33-3)8-6-15/h5-10,12H,1-4H3,(H,28,31)(H,27,29,30). The predicted molar refractivity (Wildman–Crippen MR) is 132 cm³/mol. The Morgan fingerprint density at radius 3 is 2.46 bits per heavy atom. The summed E-state index contributed by atoms with van der Waals surface area (Å²) >= 11 is 1.29. The van der Waals surface area contributed by atoms with Crippen molar-refractivity contribution in [2.45, 2.75) is 13.8 Å². The topological polar surface area (TPSA) is 130 Å². The molecule has 10 heteroatoms. The smallest absolute Gasteiger partial charge is 0.338 e. The van der Waals surface area contributed by atoms with Crippen molar-refractivity contribution in [2.75, 3.05) is 19.5 Å². The van der Waals surface area contributed by atoms with E-state index in [4.69, 9.17) is 9.47 Å². The van der Waals surface area contributed by atoms with Crippen LogP contribution in [0.4, 0.5) is 5.00 Å². The molecule has 35 heavy (non-hydrogen) atoms. The number of methoxy groups -OCH3 is 2. The van der Waals surface area contributed by atoms with Crippen molar-refractivity contribution in [3.05, 3.63) is 69.7 Å². The monoisotopic (exact) mass is 487 g/mol. The molecule has 2 N–H and O–H groups in total. The minimum atomic E-state index is -0.647. The van der Waals surface area contributed by atoms with Gasteiger partial charge in [-0.15, -0.1) is 11.3 Å². The third-order valence-corrected chi connectivity index (χ3v) is 6.61. The van der Waals surface area contributed by atoms with E-state index >= 15 is 0 Å². The van der Waals surface area contributed by atoms with Gasteiger partial charge in [0.1, 0.15) is 22.5 Å². The number of nitrogens with zero attached hydrogens (tertiary/aromatic N) is 3. The van der Waals surface area contributed by atoms with E-state index in [2.05, 4.69) is 26.8 Å². The van der Waals surface area contributed by atoms with Gasteiger partial charge in [0, 0.05) is 16.0 Å². The number of rotatable bonds is 6. The van der Waals surface area contributed by atoms with Crippen molar-refractivity contribution in [1.29, 1.82) is 5.26 Å². The molecule has 9 nitrogen and oxygen atoms in total. The Bertz CT molecular complexity index is 1450. The van der Waals surface area contributed by atoms with Crippen LogP contribution >= 0.6 is 11.3 Å². The van der Waals surface area contributed by atoms with E-state index in [0.717, 1.165) is 16.0 Å². The maximum Gasteiger partial charge on any atom is 0.338 e. The van der Waals surface area contributed by atoms with Gasteiger partial charge in [0.2, 0.25) is 0 Å². The van der Waals surface area contributed by atoms with Crippen molar-refractivity contribution < 1.29 is 19.1 Å². The number of carbonyl (C=O) groups is 2. The molecule has 4 aromatic rings. The number of H-pyrrole nitrogens is 1. The molecule has 176 valence electrons. The average Bonchev–Trinajstić information content (AvgIpc) is 3.50. The summed E-state index contributed by atoms with van der Waals surface area (Å²) in [6, 6.07) is 12.8. The number of aromatic amines is 1. The van der Waals surface area contributed by atoms with E-state index < -0.39 is 11.9 Å². The number of anilines is 1. The molecule has 0 atom stereocenters. The van der Waals surface area contributed by atoms with Gasteiger partial charge in [0.05, 0.1) is 37.1 Å². The molecule has 0 unspecified atom stereocenters. The first-order valence-corrected chi connectivity index (χ1v) is 11.3. The summed E-state index contributed by atoms with van der Waals surface area (Å²) in [7, 11) is 2.84. The van der Waals surface area contributed by atoms with Crippen LogP contribution in [-0.4, -0.2) is 41.5 Å². The fourth-order valence-electron chi connectivity index (χ4n) is 3.90. The zero-order chi connectivity index (χ0) is 25.1. The Kier molecular flexibility index (Phi) is 6.62. The van der Waals surface area contributed by atoms with Crippen molar-refractivity contribution >= 4 is 28.2 Å². The molecule has 0 spiro atoms. The summed E-state index contributed by atoms with van der Waals surface area (Å²) in [5.74, 6) is -0.481. The zero-order valence-corrected chi connectivity index (χ0v) is 20.2. The molecule has 4 rings (SSSR count). The van der Waals surface area contributed by atoms with E-state index in [0.29, 0.717) is 33.1 Å². The van der Waals surface area contributed by atoms with Crippen LogP contribution in [0.25, 0.3) is 22.4 Å². The summed E-state index contributed by atoms with van der Waals surface area (Å²) in [6.45, 7) is 3.61. The first-order valence-electron chi connectivity index (χ1n) is 10.5. The summed E-state index contributed by atoms with van der Waals surface area (Å²) in [6.07, 6.45) is 1.53. The van der Waals surface area contributed by atoms with Gasteiger partial charge in [-0.25, -0.2) is 4.79 Å². The molecule has 0 bridgehead atoms. The second kappa shape index (κ2) is 9.79. The van der Waals surface area contributed by atoms with E-state index in [1.54, 1.807) is 20.1 Å². The van der Waals surface area contributed by atoms with Crippen LogP contribution in [0.5, 0.6) is 5.75 Å². The Labute approximate surface area is 205 Å². The lowest BCUT2D eigenvalue weighted by molar-refractivity contribution is 0.0597. The first-order chi connectivity index (χ1) is 16.9. The summed E-state index contributed by atoms with van der Waals surface area (Å²) in [5.41, 5.74) is 3.85. The fourth-order valence-corrected chi connectivity index (χ4v) is 4.93. The number of hydrogen-bond acceptors (Lipinski definition) is 8. The molecular weight excluding hydrogens is 466 g/mol. The third-order valence-electron chi connectivity index (χ3n) is 5.59. The normalized spacial score (nSPS) is 10.5. The van der Waals surface area contributed by atoms with E-state index in [-0.39, 0.29) is 11.1 Å². The van der Waals surface area contributed by atoms with Crippen LogP contribution < -0.4 is 10.1 Å². The first kappa shape index (κ1) is 23.7. The summed E-state index contributed by atoms with van der Waals surface area (Å²) in [4.78, 5) is 26.9. The lowest BCUT2D eigenvalue weighted by Crippen LogP contribution is -2.19. The maximum atomic E-state index is 13.5. The van der Waals surface area contributed by atoms with Crippen LogP contribution in [-0.2, 0) is 4.74 Å². The van der Waals surface area contributed by atoms with Gasteiger partial charge < -0.3 is 14.8 Å². The molecule has 1 amide bonds. The second-order valence-electron chi connectivity index (χ2n) is 7.54. The molecule has 0 fully saturated rings. The molecule has 0 radical (unpaired) electrons. The Hall–Kier alpha value is -4.49. The SMILES string of the molecule is COC(=O)c1ccc(-c2cn[nH]n2)c(C)c1C(=O)Nc1sc(C)c(-c2ccc(OC)cc2)c1C#N. The lowest BCUT2D eigenvalue weighted by atomic mass is 9.94. The highest BCUT2D eigenvalue weighted by atomic mass is 32.1. The Morgan fingerprint density at radius 1 is 1.11 bits per heavy atom. The average molecular weight is 488 g/mol. The van der Waals surface area contributed by atoms with Gasteiger partial charge >= 0.3 is 5.97 Å². The highest BCUT2D eigenvalue weighted by molar-refractivity contribution is 7.17.